The smallest absolute Gasteiger partial charge is 0.450 e. The van der Waals surface area contributed by atoms with Crippen LogP contribution in [0.4, 0.5) is 4.79 Å². The topological polar surface area (TPSA) is 74.6 Å². The highest BCUT2D eigenvalue weighted by atomic mass is 16.6. The third kappa shape index (κ3) is 4.68. The van der Waals surface area contributed by atoms with Gasteiger partial charge in [-0.15, -0.1) is 0 Å². The number of rotatable bonds is 3. The number of carbonyl (C=O) groups excluding carboxylic acids is 1. The summed E-state index contributed by atoms with van der Waals surface area (Å²) in [6, 6.07) is 4.35. The van der Waals surface area contributed by atoms with Crippen molar-refractivity contribution in [2.75, 3.05) is 0 Å². The van der Waals surface area contributed by atoms with Crippen molar-refractivity contribution < 1.29 is 19.8 Å². The first-order chi connectivity index (χ1) is 9.31. The van der Waals surface area contributed by atoms with Crippen LogP contribution in [-0.4, -0.2) is 22.2 Å². The lowest BCUT2D eigenvalue weighted by atomic mass is 9.79. The fourth-order valence-electron chi connectivity index (χ4n) is 2.54. The molecule has 4 nitrogen and oxygen atoms in total. The van der Waals surface area contributed by atoms with Crippen LogP contribution in [0, 0.1) is 26.7 Å². The van der Waals surface area contributed by atoms with Gasteiger partial charge in [0.15, 0.2) is 0 Å². The van der Waals surface area contributed by atoms with Gasteiger partial charge in [0.25, 0.3) is 0 Å². The van der Waals surface area contributed by atoms with Crippen molar-refractivity contribution in [2.24, 2.45) is 5.92 Å². The van der Waals surface area contributed by atoms with Crippen LogP contribution in [0.2, 0.25) is 0 Å². The van der Waals surface area contributed by atoms with E-state index in [-0.39, 0.29) is 0 Å². The second-order valence-corrected chi connectivity index (χ2v) is 5.43. The van der Waals surface area contributed by atoms with Crippen molar-refractivity contribution in [3.8, 4) is 0 Å². The molecule has 1 aromatic carbocycles. The maximum atomic E-state index is 12.0. The Labute approximate surface area is 119 Å². The Morgan fingerprint density at radius 1 is 1.10 bits per heavy atom. The Morgan fingerprint density at radius 3 is 1.90 bits per heavy atom. The molecule has 1 aliphatic carbocycles. The summed E-state index contributed by atoms with van der Waals surface area (Å²) in [6.45, 7) is 6.34. The van der Waals surface area contributed by atoms with E-state index in [0.29, 0.717) is 18.1 Å². The summed E-state index contributed by atoms with van der Waals surface area (Å²) >= 11 is 0. The first kappa shape index (κ1) is 16.2. The number of ketones is 1. The van der Waals surface area contributed by atoms with E-state index < -0.39 is 6.16 Å². The predicted octanol–water partition coefficient (Wildman–Crippen LogP) is 3.75. The highest BCUT2D eigenvalue weighted by molar-refractivity contribution is 5.84. The molecule has 0 spiro atoms. The first-order valence-corrected chi connectivity index (χ1v) is 6.82. The molecule has 4 heteroatoms. The number of hydrogen-bond acceptors (Lipinski definition) is 2. The van der Waals surface area contributed by atoms with Crippen molar-refractivity contribution in [1.82, 2.24) is 0 Å². The summed E-state index contributed by atoms with van der Waals surface area (Å²) in [5.74, 6) is 0.807. The average Bonchev–Trinajstić information content (AvgIpc) is 2.19. The van der Waals surface area contributed by atoms with Gasteiger partial charge < -0.3 is 10.2 Å². The van der Waals surface area contributed by atoms with Crippen LogP contribution in [0.25, 0.3) is 0 Å². The Balaban J connectivity index is 0.000000444. The van der Waals surface area contributed by atoms with Gasteiger partial charge in [0.05, 0.1) is 0 Å². The molecule has 0 amide bonds. The van der Waals surface area contributed by atoms with E-state index in [2.05, 4.69) is 32.9 Å². The van der Waals surface area contributed by atoms with E-state index in [4.69, 9.17) is 15.0 Å². The molecule has 1 aromatic rings. The molecule has 1 aliphatic rings. The van der Waals surface area contributed by atoms with Crippen LogP contribution in [0.3, 0.4) is 0 Å². The van der Waals surface area contributed by atoms with Gasteiger partial charge in [-0.05, 0) is 50.3 Å². The van der Waals surface area contributed by atoms with Crippen molar-refractivity contribution in [3.05, 3.63) is 34.4 Å². The average molecular weight is 278 g/mol. The summed E-state index contributed by atoms with van der Waals surface area (Å²) in [6.07, 6.45) is 2.27. The van der Waals surface area contributed by atoms with Crippen LogP contribution >= 0.6 is 0 Å². The van der Waals surface area contributed by atoms with E-state index in [0.717, 1.165) is 12.8 Å². The van der Waals surface area contributed by atoms with Gasteiger partial charge in [-0.2, -0.15) is 0 Å². The largest absolute Gasteiger partial charge is 0.503 e. The maximum absolute atomic E-state index is 12.0. The van der Waals surface area contributed by atoms with Crippen molar-refractivity contribution in [3.63, 3.8) is 0 Å². The zero-order valence-electron chi connectivity index (χ0n) is 12.3. The van der Waals surface area contributed by atoms with Gasteiger partial charge in [-0.3, -0.25) is 4.79 Å². The summed E-state index contributed by atoms with van der Waals surface area (Å²) in [4.78, 5) is 20.5. The normalized spacial score (nSPS) is 13.9. The summed E-state index contributed by atoms with van der Waals surface area (Å²) in [5.41, 5.74) is 5.08. The Morgan fingerprint density at radius 2 is 1.55 bits per heavy atom. The molecule has 0 unspecified atom stereocenters. The SMILES string of the molecule is Cc1cc(C)c(CC(=O)C2CCC2)c(C)c1.O=C(O)O. The second kappa shape index (κ2) is 7.08. The molecule has 0 aliphatic heterocycles. The number of hydrogen-bond donors (Lipinski definition) is 2. The van der Waals surface area contributed by atoms with Gasteiger partial charge in [0.1, 0.15) is 5.78 Å². The minimum atomic E-state index is -1.83. The minimum absolute atomic E-state index is 0.361. The van der Waals surface area contributed by atoms with E-state index in [1.165, 1.54) is 28.7 Å². The summed E-state index contributed by atoms with van der Waals surface area (Å²) in [5, 5.41) is 13.9. The van der Waals surface area contributed by atoms with Crippen LogP contribution in [0.5, 0.6) is 0 Å². The predicted molar refractivity (Wildman–Crippen MR) is 77.4 cm³/mol. The highest BCUT2D eigenvalue weighted by Crippen LogP contribution is 2.29. The molecule has 2 N–H and O–H groups in total. The molecule has 0 aromatic heterocycles. The molecule has 20 heavy (non-hydrogen) atoms. The van der Waals surface area contributed by atoms with Crippen molar-refractivity contribution >= 4 is 11.9 Å². The Bertz CT molecular complexity index is 474. The molecule has 0 bridgehead atoms. The molecule has 0 saturated heterocycles. The molecule has 0 atom stereocenters. The second-order valence-electron chi connectivity index (χ2n) is 5.43. The van der Waals surface area contributed by atoms with Gasteiger partial charge in [0, 0.05) is 12.3 Å². The highest BCUT2D eigenvalue weighted by Gasteiger charge is 2.25. The standard InChI is InChI=1S/C15H20O.CH2O3/c1-10-7-11(2)14(12(3)8-10)9-15(16)13-5-4-6-13;2-1(3)4/h7-8,13H,4-6,9H2,1-3H3;(H2,2,3,4). The zero-order chi connectivity index (χ0) is 15.3. The Kier molecular flexibility index (Phi) is 5.74. The first-order valence-electron chi connectivity index (χ1n) is 6.82. The molecular formula is C16H22O4. The summed E-state index contributed by atoms with van der Waals surface area (Å²) in [7, 11) is 0. The fraction of sp³-hybridized carbons (Fsp3) is 0.500. The Hall–Kier alpha value is -1.84. The lowest BCUT2D eigenvalue weighted by Gasteiger charge is -2.24. The number of Topliss-reactive ketones (excluding diaryl/α,β-unsaturated/α-hetero) is 1. The quantitative estimate of drug-likeness (QED) is 0.883. The van der Waals surface area contributed by atoms with Gasteiger partial charge in [-0.1, -0.05) is 24.1 Å². The fourth-order valence-corrected chi connectivity index (χ4v) is 2.54. The maximum Gasteiger partial charge on any atom is 0.503 e. The zero-order valence-corrected chi connectivity index (χ0v) is 12.3. The van der Waals surface area contributed by atoms with Crippen LogP contribution < -0.4 is 0 Å². The van der Waals surface area contributed by atoms with Crippen LogP contribution in [0.15, 0.2) is 12.1 Å². The molecule has 0 heterocycles. The lowest BCUT2D eigenvalue weighted by Crippen LogP contribution is -2.24. The number of benzene rings is 1. The van der Waals surface area contributed by atoms with Gasteiger partial charge in [0.2, 0.25) is 0 Å². The monoisotopic (exact) mass is 278 g/mol. The van der Waals surface area contributed by atoms with Gasteiger partial charge >= 0.3 is 6.16 Å². The molecule has 0 radical (unpaired) electrons. The molecule has 1 saturated carbocycles. The summed E-state index contributed by atoms with van der Waals surface area (Å²) < 4.78 is 0. The third-order valence-electron chi connectivity index (χ3n) is 3.75. The molecular weight excluding hydrogens is 256 g/mol. The van der Waals surface area contributed by atoms with Crippen molar-refractivity contribution in [1.29, 1.82) is 0 Å². The van der Waals surface area contributed by atoms with E-state index in [1.807, 2.05) is 0 Å². The third-order valence-corrected chi connectivity index (χ3v) is 3.75. The lowest BCUT2D eigenvalue weighted by molar-refractivity contribution is -0.124. The number of carbonyl (C=O) groups is 2. The molecule has 1 fully saturated rings. The minimum Gasteiger partial charge on any atom is -0.450 e. The van der Waals surface area contributed by atoms with E-state index in [1.54, 1.807) is 0 Å². The number of aryl methyl sites for hydroxylation is 3. The van der Waals surface area contributed by atoms with Crippen molar-refractivity contribution in [2.45, 2.75) is 46.5 Å². The van der Waals surface area contributed by atoms with Crippen LogP contribution in [0.1, 0.15) is 41.5 Å². The van der Waals surface area contributed by atoms with Gasteiger partial charge in [-0.25, -0.2) is 4.79 Å². The molecule has 2 rings (SSSR count). The van der Waals surface area contributed by atoms with E-state index >= 15 is 0 Å². The number of carboxylic acid groups (broad SMARTS) is 2. The van der Waals surface area contributed by atoms with Crippen LogP contribution in [-0.2, 0) is 11.2 Å². The molecule has 110 valence electrons. The van der Waals surface area contributed by atoms with E-state index in [9.17, 15) is 4.79 Å².